The lowest BCUT2D eigenvalue weighted by Gasteiger charge is -2.13. The summed E-state index contributed by atoms with van der Waals surface area (Å²) < 4.78 is 32.8. The van der Waals surface area contributed by atoms with E-state index in [-0.39, 0.29) is 18.1 Å². The molecule has 5 nitrogen and oxygen atoms in total. The zero-order valence-electron chi connectivity index (χ0n) is 15.6. The number of nitrogens with one attached hydrogen (secondary N) is 1. The largest absolute Gasteiger partial charge is 0.489 e. The molecule has 3 N–H and O–H groups in total. The number of nitrogens with zero attached hydrogens (tertiary/aromatic N) is 2. The topological polar surface area (TPSA) is 73.1 Å². The van der Waals surface area contributed by atoms with Crippen molar-refractivity contribution >= 4 is 28.1 Å². The number of hydrogen-bond acceptors (Lipinski definition) is 5. The molecule has 0 amide bonds. The van der Waals surface area contributed by atoms with Gasteiger partial charge in [-0.3, -0.25) is 0 Å². The quantitative estimate of drug-likeness (QED) is 0.461. The minimum Gasteiger partial charge on any atom is -0.489 e. The Kier molecular flexibility index (Phi) is 4.95. The zero-order chi connectivity index (χ0) is 20.4. The second-order valence-electron chi connectivity index (χ2n) is 6.64. The van der Waals surface area contributed by atoms with Crippen molar-refractivity contribution < 1.29 is 13.5 Å². The Morgan fingerprint density at radius 1 is 1.03 bits per heavy atom. The molecule has 0 saturated heterocycles. The van der Waals surface area contributed by atoms with E-state index in [1.807, 2.05) is 31.2 Å². The molecule has 0 aliphatic carbocycles. The van der Waals surface area contributed by atoms with Crippen LogP contribution >= 0.6 is 0 Å². The number of rotatable bonds is 5. The minimum atomic E-state index is -0.516. The number of nitrogens with two attached hydrogens (primary N) is 1. The van der Waals surface area contributed by atoms with Crippen molar-refractivity contribution in [3.8, 4) is 5.75 Å². The molecule has 0 aliphatic heterocycles. The normalized spacial score (nSPS) is 10.9. The number of hydrogen-bond donors (Lipinski definition) is 2. The maximum absolute atomic E-state index is 13.7. The molecule has 4 rings (SSSR count). The van der Waals surface area contributed by atoms with Crippen molar-refractivity contribution in [3.63, 3.8) is 0 Å². The van der Waals surface area contributed by atoms with E-state index in [0.29, 0.717) is 22.5 Å². The van der Waals surface area contributed by atoms with Crippen molar-refractivity contribution in [2.45, 2.75) is 13.5 Å². The molecule has 1 heterocycles. The number of fused-ring (bicyclic) bond motifs is 1. The van der Waals surface area contributed by atoms with Crippen LogP contribution in [0.4, 0.5) is 26.0 Å². The molecule has 0 saturated carbocycles. The van der Waals surface area contributed by atoms with Gasteiger partial charge >= 0.3 is 0 Å². The van der Waals surface area contributed by atoms with E-state index in [9.17, 15) is 8.78 Å². The SMILES string of the molecule is Cc1cc(Nc2ncnc3cc(F)c(N)cc23)ccc1OCc1cccc(F)c1. The monoisotopic (exact) mass is 392 g/mol. The highest BCUT2D eigenvalue weighted by atomic mass is 19.1. The summed E-state index contributed by atoms with van der Waals surface area (Å²) in [6.07, 6.45) is 1.36. The van der Waals surface area contributed by atoms with Crippen LogP contribution in [-0.4, -0.2) is 9.97 Å². The first-order chi connectivity index (χ1) is 14.0. The number of halogens is 2. The molecule has 0 atom stereocenters. The van der Waals surface area contributed by atoms with E-state index in [2.05, 4.69) is 15.3 Å². The number of ether oxygens (including phenoxy) is 1. The fourth-order valence-electron chi connectivity index (χ4n) is 3.01. The Balaban J connectivity index is 1.54. The number of benzene rings is 3. The highest BCUT2D eigenvalue weighted by Crippen LogP contribution is 2.29. The predicted molar refractivity (Wildman–Crippen MR) is 109 cm³/mol. The smallest absolute Gasteiger partial charge is 0.148 e. The summed E-state index contributed by atoms with van der Waals surface area (Å²) in [7, 11) is 0. The summed E-state index contributed by atoms with van der Waals surface area (Å²) in [6.45, 7) is 2.18. The molecular formula is C22H18F2N4O. The third kappa shape index (κ3) is 4.08. The van der Waals surface area contributed by atoms with Crippen LogP contribution in [0.3, 0.4) is 0 Å². The molecule has 29 heavy (non-hydrogen) atoms. The van der Waals surface area contributed by atoms with Gasteiger partial charge in [-0.05, 0) is 54.4 Å². The Hall–Kier alpha value is -3.74. The van der Waals surface area contributed by atoms with E-state index in [1.165, 1.54) is 30.6 Å². The summed E-state index contributed by atoms with van der Waals surface area (Å²) in [5.41, 5.74) is 8.61. The maximum Gasteiger partial charge on any atom is 0.148 e. The average Bonchev–Trinajstić information content (AvgIpc) is 2.69. The minimum absolute atomic E-state index is 0.0348. The second-order valence-corrected chi connectivity index (χ2v) is 6.64. The fraction of sp³-hybridized carbons (Fsp3) is 0.0909. The van der Waals surface area contributed by atoms with Crippen LogP contribution < -0.4 is 15.8 Å². The van der Waals surface area contributed by atoms with E-state index < -0.39 is 5.82 Å². The van der Waals surface area contributed by atoms with Crippen molar-refractivity contribution in [1.82, 2.24) is 9.97 Å². The standard InChI is InChI=1S/C22H18F2N4O/c1-13-7-16(5-6-21(13)29-11-14-3-2-4-15(23)8-14)28-22-17-9-19(25)18(24)10-20(17)26-12-27-22/h2-10,12H,11,25H2,1H3,(H,26,27,28). The van der Waals surface area contributed by atoms with Gasteiger partial charge in [0.15, 0.2) is 0 Å². The Morgan fingerprint density at radius 2 is 1.90 bits per heavy atom. The molecule has 0 spiro atoms. The van der Waals surface area contributed by atoms with Crippen molar-refractivity contribution in [2.24, 2.45) is 0 Å². The highest BCUT2D eigenvalue weighted by molar-refractivity contribution is 5.92. The summed E-state index contributed by atoms with van der Waals surface area (Å²) in [5, 5.41) is 3.83. The highest BCUT2D eigenvalue weighted by Gasteiger charge is 2.09. The van der Waals surface area contributed by atoms with Crippen LogP contribution in [0.2, 0.25) is 0 Å². The summed E-state index contributed by atoms with van der Waals surface area (Å²) in [4.78, 5) is 8.33. The Morgan fingerprint density at radius 3 is 2.69 bits per heavy atom. The first-order valence-electron chi connectivity index (χ1n) is 8.94. The van der Waals surface area contributed by atoms with Crippen molar-refractivity contribution in [3.05, 3.63) is 83.7 Å². The average molecular weight is 392 g/mol. The lowest BCUT2D eigenvalue weighted by Crippen LogP contribution is -2.00. The van der Waals surface area contributed by atoms with E-state index in [4.69, 9.17) is 10.5 Å². The third-order valence-electron chi connectivity index (χ3n) is 4.47. The molecule has 0 unspecified atom stereocenters. The second kappa shape index (κ2) is 7.71. The zero-order valence-corrected chi connectivity index (χ0v) is 15.6. The summed E-state index contributed by atoms with van der Waals surface area (Å²) in [5.74, 6) is 0.408. The number of nitrogen functional groups attached to an aromatic ring is 1. The van der Waals surface area contributed by atoms with Gasteiger partial charge in [0.2, 0.25) is 0 Å². The fourth-order valence-corrected chi connectivity index (χ4v) is 3.01. The Labute approximate surface area is 166 Å². The molecular weight excluding hydrogens is 374 g/mol. The number of anilines is 3. The van der Waals surface area contributed by atoms with Gasteiger partial charge in [-0.2, -0.15) is 0 Å². The Bertz CT molecular complexity index is 1200. The van der Waals surface area contributed by atoms with Gasteiger partial charge in [-0.1, -0.05) is 12.1 Å². The van der Waals surface area contributed by atoms with E-state index >= 15 is 0 Å². The molecule has 0 fully saturated rings. The summed E-state index contributed by atoms with van der Waals surface area (Å²) in [6, 6.07) is 14.7. The molecule has 0 radical (unpaired) electrons. The van der Waals surface area contributed by atoms with Crippen molar-refractivity contribution in [2.75, 3.05) is 11.1 Å². The van der Waals surface area contributed by atoms with Crippen LogP contribution in [0.5, 0.6) is 5.75 Å². The van der Waals surface area contributed by atoms with Crippen LogP contribution in [0.25, 0.3) is 10.9 Å². The summed E-state index contributed by atoms with van der Waals surface area (Å²) >= 11 is 0. The lowest BCUT2D eigenvalue weighted by molar-refractivity contribution is 0.303. The van der Waals surface area contributed by atoms with Crippen LogP contribution in [-0.2, 0) is 6.61 Å². The molecule has 7 heteroatoms. The van der Waals surface area contributed by atoms with Gasteiger partial charge < -0.3 is 15.8 Å². The lowest BCUT2D eigenvalue weighted by atomic mass is 10.1. The maximum atomic E-state index is 13.7. The number of aryl methyl sites for hydroxylation is 1. The third-order valence-corrected chi connectivity index (χ3v) is 4.47. The van der Waals surface area contributed by atoms with Gasteiger partial charge in [0.05, 0.1) is 11.2 Å². The molecule has 0 bridgehead atoms. The molecule has 146 valence electrons. The van der Waals surface area contributed by atoms with Gasteiger partial charge in [-0.15, -0.1) is 0 Å². The van der Waals surface area contributed by atoms with E-state index in [0.717, 1.165) is 16.8 Å². The molecule has 4 aromatic rings. The first kappa shape index (κ1) is 18.6. The van der Waals surface area contributed by atoms with E-state index in [1.54, 1.807) is 6.07 Å². The molecule has 0 aliphatic rings. The molecule has 3 aromatic carbocycles. The van der Waals surface area contributed by atoms with Crippen LogP contribution in [0.1, 0.15) is 11.1 Å². The van der Waals surface area contributed by atoms with Gasteiger partial charge in [0.25, 0.3) is 0 Å². The first-order valence-corrected chi connectivity index (χ1v) is 8.94. The van der Waals surface area contributed by atoms with Gasteiger partial charge in [-0.25, -0.2) is 18.7 Å². The van der Waals surface area contributed by atoms with Crippen LogP contribution in [0, 0.1) is 18.6 Å². The van der Waals surface area contributed by atoms with Crippen LogP contribution in [0.15, 0.2) is 60.9 Å². The number of aromatic nitrogens is 2. The molecule has 1 aromatic heterocycles. The predicted octanol–water partition coefficient (Wildman–Crippen LogP) is 5.12. The van der Waals surface area contributed by atoms with Crippen molar-refractivity contribution in [1.29, 1.82) is 0 Å². The van der Waals surface area contributed by atoms with Gasteiger partial charge in [0, 0.05) is 17.1 Å². The van der Waals surface area contributed by atoms with Gasteiger partial charge in [0.1, 0.15) is 36.1 Å².